The highest BCUT2D eigenvalue weighted by atomic mass is 16.2. The monoisotopic (exact) mass is 316 g/mol. The topological polar surface area (TPSA) is 58.1 Å². The van der Waals surface area contributed by atoms with Crippen LogP contribution in [0, 0.1) is 5.92 Å². The quantitative estimate of drug-likeness (QED) is 0.906. The first-order valence-electron chi connectivity index (χ1n) is 9.04. The zero-order valence-corrected chi connectivity index (χ0v) is 14.3. The van der Waals surface area contributed by atoms with Crippen molar-refractivity contribution in [3.63, 3.8) is 0 Å². The smallest absolute Gasteiger partial charge is 0.225 e. The van der Waals surface area contributed by atoms with E-state index in [1.54, 1.807) is 6.33 Å². The number of hydrogen-bond acceptors (Lipinski definition) is 4. The summed E-state index contributed by atoms with van der Waals surface area (Å²) in [7, 11) is 0. The third-order valence-corrected chi connectivity index (χ3v) is 5.31. The van der Waals surface area contributed by atoms with Crippen molar-refractivity contribution in [2.24, 2.45) is 5.92 Å². The van der Waals surface area contributed by atoms with E-state index in [9.17, 15) is 4.79 Å². The minimum atomic E-state index is 0.210. The van der Waals surface area contributed by atoms with Crippen LogP contribution < -0.4 is 5.32 Å². The van der Waals surface area contributed by atoms with Crippen molar-refractivity contribution in [1.82, 2.24) is 14.9 Å². The lowest BCUT2D eigenvalue weighted by molar-refractivity contribution is -0.139. The molecule has 2 heterocycles. The van der Waals surface area contributed by atoms with E-state index >= 15 is 0 Å². The Bertz CT molecular complexity index is 536. The van der Waals surface area contributed by atoms with Crippen LogP contribution in [0.1, 0.15) is 64.0 Å². The van der Waals surface area contributed by atoms with E-state index in [2.05, 4.69) is 34.0 Å². The molecule has 1 aromatic rings. The van der Waals surface area contributed by atoms with E-state index in [0.717, 1.165) is 43.9 Å². The van der Waals surface area contributed by atoms with Crippen LogP contribution in [0.2, 0.25) is 0 Å². The molecule has 2 fully saturated rings. The molecule has 5 heteroatoms. The molecule has 0 radical (unpaired) electrons. The lowest BCUT2D eigenvalue weighted by atomic mass is 9.79. The first-order valence-corrected chi connectivity index (χ1v) is 9.04. The molecule has 1 unspecified atom stereocenters. The normalized spacial score (nSPS) is 25.6. The SMILES string of the molecule is CCC(C)c1cc(NC2CC(C(=O)N3CCCCC3)C2)ncn1. The summed E-state index contributed by atoms with van der Waals surface area (Å²) in [6, 6.07) is 2.42. The number of nitrogens with one attached hydrogen (secondary N) is 1. The largest absolute Gasteiger partial charge is 0.367 e. The second kappa shape index (κ2) is 7.28. The van der Waals surface area contributed by atoms with Crippen LogP contribution in [-0.4, -0.2) is 39.9 Å². The highest BCUT2D eigenvalue weighted by Gasteiger charge is 2.37. The average Bonchev–Trinajstić information content (AvgIpc) is 2.57. The summed E-state index contributed by atoms with van der Waals surface area (Å²) in [5, 5.41) is 3.46. The zero-order valence-electron chi connectivity index (χ0n) is 14.3. The molecule has 1 amide bonds. The molecule has 1 atom stereocenters. The van der Waals surface area contributed by atoms with E-state index in [1.165, 1.54) is 19.3 Å². The predicted molar refractivity (Wildman–Crippen MR) is 91.3 cm³/mol. The molecule has 0 bridgehead atoms. The van der Waals surface area contributed by atoms with Crippen molar-refractivity contribution < 1.29 is 4.79 Å². The Balaban J connectivity index is 1.49. The summed E-state index contributed by atoms with van der Waals surface area (Å²) in [4.78, 5) is 23.2. The fraction of sp³-hybridized carbons (Fsp3) is 0.722. The zero-order chi connectivity index (χ0) is 16.2. The third-order valence-electron chi connectivity index (χ3n) is 5.31. The average molecular weight is 316 g/mol. The van der Waals surface area contributed by atoms with Crippen LogP contribution in [0.4, 0.5) is 5.82 Å². The number of anilines is 1. The van der Waals surface area contributed by atoms with Crippen LogP contribution in [0.15, 0.2) is 12.4 Å². The molecule has 5 nitrogen and oxygen atoms in total. The summed E-state index contributed by atoms with van der Waals surface area (Å²) in [6.07, 6.45) is 8.17. The number of amides is 1. The molecular formula is C18H28N4O. The van der Waals surface area contributed by atoms with Gasteiger partial charge in [-0.15, -0.1) is 0 Å². The van der Waals surface area contributed by atoms with Gasteiger partial charge in [-0.2, -0.15) is 0 Å². The Kier molecular flexibility index (Phi) is 5.13. The summed E-state index contributed by atoms with van der Waals surface area (Å²) in [6.45, 7) is 6.26. The van der Waals surface area contributed by atoms with Crippen LogP contribution in [0.5, 0.6) is 0 Å². The second-order valence-electron chi connectivity index (χ2n) is 7.03. The van der Waals surface area contributed by atoms with Gasteiger partial charge in [0.25, 0.3) is 0 Å². The van der Waals surface area contributed by atoms with E-state index < -0.39 is 0 Å². The number of rotatable bonds is 5. The van der Waals surface area contributed by atoms with Gasteiger partial charge in [0.2, 0.25) is 5.91 Å². The van der Waals surface area contributed by atoms with Crippen molar-refractivity contribution in [2.75, 3.05) is 18.4 Å². The van der Waals surface area contributed by atoms with Crippen LogP contribution in [0.25, 0.3) is 0 Å². The van der Waals surface area contributed by atoms with Gasteiger partial charge < -0.3 is 10.2 Å². The van der Waals surface area contributed by atoms with Crippen molar-refractivity contribution in [2.45, 2.75) is 64.3 Å². The van der Waals surface area contributed by atoms with E-state index in [1.807, 2.05) is 6.07 Å². The molecule has 0 spiro atoms. The van der Waals surface area contributed by atoms with Gasteiger partial charge in [0.05, 0.1) is 0 Å². The number of piperidine rings is 1. The van der Waals surface area contributed by atoms with Crippen LogP contribution in [0.3, 0.4) is 0 Å². The Hall–Kier alpha value is -1.65. The van der Waals surface area contributed by atoms with Crippen molar-refractivity contribution in [3.8, 4) is 0 Å². The Labute approximate surface area is 138 Å². The molecule has 1 N–H and O–H groups in total. The lowest BCUT2D eigenvalue weighted by Gasteiger charge is -2.39. The molecule has 2 aliphatic rings. The fourth-order valence-electron chi connectivity index (χ4n) is 3.45. The highest BCUT2D eigenvalue weighted by Crippen LogP contribution is 2.32. The van der Waals surface area contributed by atoms with Crippen LogP contribution in [-0.2, 0) is 4.79 Å². The number of hydrogen-bond donors (Lipinski definition) is 1. The number of aromatic nitrogens is 2. The number of nitrogens with zero attached hydrogens (tertiary/aromatic N) is 3. The third kappa shape index (κ3) is 3.82. The molecule has 0 aromatic carbocycles. The van der Waals surface area contributed by atoms with Gasteiger partial charge in [-0.1, -0.05) is 13.8 Å². The molecule has 1 aliphatic carbocycles. The first-order chi connectivity index (χ1) is 11.2. The number of carbonyl (C=O) groups excluding carboxylic acids is 1. The molecule has 1 aromatic heterocycles. The van der Waals surface area contributed by atoms with E-state index in [0.29, 0.717) is 17.9 Å². The van der Waals surface area contributed by atoms with Gasteiger partial charge in [0.1, 0.15) is 12.1 Å². The molecule has 1 saturated carbocycles. The molecule has 1 aliphatic heterocycles. The van der Waals surface area contributed by atoms with Crippen molar-refractivity contribution in [1.29, 1.82) is 0 Å². The maximum absolute atomic E-state index is 12.4. The lowest BCUT2D eigenvalue weighted by Crippen LogP contribution is -2.47. The minimum absolute atomic E-state index is 0.210. The van der Waals surface area contributed by atoms with Gasteiger partial charge in [0, 0.05) is 36.8 Å². The summed E-state index contributed by atoms with van der Waals surface area (Å²) < 4.78 is 0. The summed E-state index contributed by atoms with van der Waals surface area (Å²) >= 11 is 0. The summed E-state index contributed by atoms with van der Waals surface area (Å²) in [5.74, 6) is 1.92. The minimum Gasteiger partial charge on any atom is -0.367 e. The standard InChI is InChI=1S/C18H28N4O/c1-3-13(2)16-11-17(20-12-19-16)21-15-9-14(10-15)18(23)22-7-5-4-6-8-22/h11-15H,3-10H2,1-2H3,(H,19,20,21). The van der Waals surface area contributed by atoms with Crippen molar-refractivity contribution >= 4 is 11.7 Å². The van der Waals surface area contributed by atoms with E-state index in [4.69, 9.17) is 0 Å². The molecule has 23 heavy (non-hydrogen) atoms. The number of carbonyl (C=O) groups is 1. The maximum Gasteiger partial charge on any atom is 0.225 e. The second-order valence-corrected chi connectivity index (χ2v) is 7.03. The predicted octanol–water partition coefficient (Wildman–Crippen LogP) is 3.19. The number of likely N-dealkylation sites (tertiary alicyclic amines) is 1. The Morgan fingerprint density at radius 2 is 2.04 bits per heavy atom. The fourth-order valence-corrected chi connectivity index (χ4v) is 3.45. The maximum atomic E-state index is 12.4. The van der Waals surface area contributed by atoms with Crippen LogP contribution >= 0.6 is 0 Å². The Morgan fingerprint density at radius 3 is 2.74 bits per heavy atom. The van der Waals surface area contributed by atoms with Gasteiger partial charge in [0.15, 0.2) is 0 Å². The summed E-state index contributed by atoms with van der Waals surface area (Å²) in [5.41, 5.74) is 1.09. The molecule has 126 valence electrons. The molecular weight excluding hydrogens is 288 g/mol. The highest BCUT2D eigenvalue weighted by molar-refractivity contribution is 5.80. The molecule has 1 saturated heterocycles. The molecule has 3 rings (SSSR count). The van der Waals surface area contributed by atoms with Gasteiger partial charge in [-0.3, -0.25) is 4.79 Å². The first kappa shape index (κ1) is 16.2. The van der Waals surface area contributed by atoms with Gasteiger partial charge in [-0.05, 0) is 44.4 Å². The van der Waals surface area contributed by atoms with Gasteiger partial charge in [-0.25, -0.2) is 9.97 Å². The van der Waals surface area contributed by atoms with E-state index in [-0.39, 0.29) is 5.92 Å². The Morgan fingerprint density at radius 1 is 1.30 bits per heavy atom. The van der Waals surface area contributed by atoms with Crippen molar-refractivity contribution in [3.05, 3.63) is 18.1 Å². The van der Waals surface area contributed by atoms with Gasteiger partial charge >= 0.3 is 0 Å².